The minimum atomic E-state index is -0.480. The first-order chi connectivity index (χ1) is 9.67. The Morgan fingerprint density at radius 3 is 3.05 bits per heavy atom. The van der Waals surface area contributed by atoms with Gasteiger partial charge >= 0.3 is 5.69 Å². The van der Waals surface area contributed by atoms with Gasteiger partial charge in [-0.15, -0.1) is 11.3 Å². The van der Waals surface area contributed by atoms with E-state index < -0.39 is 4.92 Å². The van der Waals surface area contributed by atoms with Crippen LogP contribution in [-0.4, -0.2) is 31.7 Å². The highest BCUT2D eigenvalue weighted by atomic mass is 32.1. The highest BCUT2D eigenvalue weighted by Crippen LogP contribution is 2.24. The third-order valence-electron chi connectivity index (χ3n) is 2.74. The molecule has 0 aliphatic carbocycles. The number of hydrogen-bond donors (Lipinski definition) is 1. The van der Waals surface area contributed by atoms with Gasteiger partial charge in [-0.2, -0.15) is 5.10 Å². The van der Waals surface area contributed by atoms with Gasteiger partial charge in [-0.3, -0.25) is 14.8 Å². The Hall–Kier alpha value is -2.55. The molecule has 3 rings (SSSR count). The van der Waals surface area contributed by atoms with E-state index in [9.17, 15) is 10.1 Å². The van der Waals surface area contributed by atoms with Crippen molar-refractivity contribution in [3.8, 4) is 0 Å². The fourth-order valence-corrected chi connectivity index (χ4v) is 2.62. The van der Waals surface area contributed by atoms with Crippen molar-refractivity contribution in [2.24, 2.45) is 0 Å². The lowest BCUT2D eigenvalue weighted by Crippen LogP contribution is -2.06. The first-order valence-corrected chi connectivity index (χ1v) is 6.64. The van der Waals surface area contributed by atoms with Gasteiger partial charge in [-0.25, -0.2) is 9.97 Å². The predicted molar refractivity (Wildman–Crippen MR) is 74.9 cm³/mol. The zero-order valence-corrected chi connectivity index (χ0v) is 11.3. The maximum atomic E-state index is 10.6. The molecule has 20 heavy (non-hydrogen) atoms. The molecule has 0 amide bonds. The summed E-state index contributed by atoms with van der Waals surface area (Å²) in [5.41, 5.74) is -0.0453. The fourth-order valence-electron chi connectivity index (χ4n) is 1.84. The van der Waals surface area contributed by atoms with E-state index in [4.69, 9.17) is 0 Å². The Morgan fingerprint density at radius 2 is 2.35 bits per heavy atom. The summed E-state index contributed by atoms with van der Waals surface area (Å²) in [6, 6.07) is 1.95. The molecular formula is C11H10N6O2S. The third kappa shape index (κ3) is 2.18. The summed E-state index contributed by atoms with van der Waals surface area (Å²) in [7, 11) is 1.79. The van der Waals surface area contributed by atoms with Gasteiger partial charge < -0.3 is 5.32 Å². The van der Waals surface area contributed by atoms with E-state index in [0.717, 1.165) is 16.0 Å². The first kappa shape index (κ1) is 12.5. The third-order valence-corrected chi connectivity index (χ3v) is 3.55. The van der Waals surface area contributed by atoms with Gasteiger partial charge in [0.25, 0.3) is 0 Å². The molecule has 0 aliphatic heterocycles. The van der Waals surface area contributed by atoms with E-state index in [0.29, 0.717) is 5.82 Å². The zero-order valence-electron chi connectivity index (χ0n) is 10.5. The molecule has 3 aromatic rings. The van der Waals surface area contributed by atoms with Gasteiger partial charge in [0.1, 0.15) is 29.6 Å². The van der Waals surface area contributed by atoms with Gasteiger partial charge in [0.2, 0.25) is 0 Å². The second-order valence-electron chi connectivity index (χ2n) is 4.03. The van der Waals surface area contributed by atoms with E-state index >= 15 is 0 Å². The molecule has 3 aromatic heterocycles. The maximum Gasteiger partial charge on any atom is 0.307 e. The molecule has 0 unspecified atom stereocenters. The van der Waals surface area contributed by atoms with Crippen LogP contribution >= 0.6 is 11.3 Å². The van der Waals surface area contributed by atoms with Crippen molar-refractivity contribution >= 4 is 33.1 Å². The molecule has 102 valence electrons. The SMILES string of the molecule is CNc1nc(Cn2cc([N+](=O)[O-])cn2)nc2sccc12. The highest BCUT2D eigenvalue weighted by Gasteiger charge is 2.12. The highest BCUT2D eigenvalue weighted by molar-refractivity contribution is 7.16. The number of nitrogens with one attached hydrogen (secondary N) is 1. The van der Waals surface area contributed by atoms with Crippen LogP contribution in [0.2, 0.25) is 0 Å². The van der Waals surface area contributed by atoms with Crippen LogP contribution in [0, 0.1) is 10.1 Å². The number of nitrogens with zero attached hydrogens (tertiary/aromatic N) is 5. The van der Waals surface area contributed by atoms with Crippen LogP contribution in [0.5, 0.6) is 0 Å². The number of thiophene rings is 1. The quantitative estimate of drug-likeness (QED) is 0.582. The summed E-state index contributed by atoms with van der Waals surface area (Å²) in [6.07, 6.45) is 2.57. The predicted octanol–water partition coefficient (Wildman–Crippen LogP) is 1.89. The normalized spacial score (nSPS) is 10.8. The second kappa shape index (κ2) is 4.85. The molecule has 0 atom stereocenters. The number of nitro groups is 1. The summed E-state index contributed by atoms with van der Waals surface area (Å²) < 4.78 is 1.45. The monoisotopic (exact) mass is 290 g/mol. The molecule has 3 heterocycles. The largest absolute Gasteiger partial charge is 0.372 e. The zero-order chi connectivity index (χ0) is 14.1. The molecular weight excluding hydrogens is 280 g/mol. The molecule has 0 aliphatic rings. The fraction of sp³-hybridized carbons (Fsp3) is 0.182. The Labute approximate surface area is 117 Å². The van der Waals surface area contributed by atoms with Crippen LogP contribution in [-0.2, 0) is 6.54 Å². The molecule has 0 radical (unpaired) electrons. The van der Waals surface area contributed by atoms with Gasteiger partial charge in [0.05, 0.1) is 10.3 Å². The van der Waals surface area contributed by atoms with Crippen LogP contribution in [0.15, 0.2) is 23.8 Å². The van der Waals surface area contributed by atoms with Gasteiger partial charge in [-0.05, 0) is 11.4 Å². The van der Waals surface area contributed by atoms with Gasteiger partial charge in [0, 0.05) is 7.05 Å². The van der Waals surface area contributed by atoms with Crippen LogP contribution in [0.4, 0.5) is 11.5 Å². The van der Waals surface area contributed by atoms with E-state index in [2.05, 4.69) is 20.4 Å². The lowest BCUT2D eigenvalue weighted by atomic mass is 10.3. The molecule has 9 heteroatoms. The lowest BCUT2D eigenvalue weighted by Gasteiger charge is -2.05. The smallest absolute Gasteiger partial charge is 0.307 e. The molecule has 0 fully saturated rings. The average molecular weight is 290 g/mol. The molecule has 0 saturated heterocycles. The number of rotatable bonds is 4. The van der Waals surface area contributed by atoms with Crippen LogP contribution in [0.25, 0.3) is 10.2 Å². The van der Waals surface area contributed by atoms with E-state index in [1.54, 1.807) is 7.05 Å². The molecule has 8 nitrogen and oxygen atoms in total. The van der Waals surface area contributed by atoms with Crippen molar-refractivity contribution in [3.63, 3.8) is 0 Å². The Bertz CT molecular complexity index is 780. The number of anilines is 1. The number of fused-ring (bicyclic) bond motifs is 1. The van der Waals surface area contributed by atoms with E-state index in [1.807, 2.05) is 11.4 Å². The molecule has 0 bridgehead atoms. The Morgan fingerprint density at radius 1 is 1.50 bits per heavy atom. The summed E-state index contributed by atoms with van der Waals surface area (Å²) in [5.74, 6) is 1.30. The van der Waals surface area contributed by atoms with Crippen molar-refractivity contribution in [2.75, 3.05) is 12.4 Å². The summed E-state index contributed by atoms with van der Waals surface area (Å²) in [5, 5.41) is 20.5. The number of hydrogen-bond acceptors (Lipinski definition) is 7. The van der Waals surface area contributed by atoms with Gasteiger partial charge in [0.15, 0.2) is 5.82 Å². The maximum absolute atomic E-state index is 10.6. The molecule has 0 aromatic carbocycles. The number of aromatic nitrogens is 4. The van der Waals surface area contributed by atoms with Crippen LogP contribution < -0.4 is 5.32 Å². The van der Waals surface area contributed by atoms with E-state index in [-0.39, 0.29) is 12.2 Å². The molecule has 0 spiro atoms. The van der Waals surface area contributed by atoms with Crippen molar-refractivity contribution in [1.82, 2.24) is 19.7 Å². The topological polar surface area (TPSA) is 98.8 Å². The Kier molecular flexibility index (Phi) is 3.03. The van der Waals surface area contributed by atoms with Crippen molar-refractivity contribution < 1.29 is 4.92 Å². The average Bonchev–Trinajstić information content (AvgIpc) is 3.06. The van der Waals surface area contributed by atoms with Gasteiger partial charge in [-0.1, -0.05) is 0 Å². The molecule has 1 N–H and O–H groups in total. The van der Waals surface area contributed by atoms with Crippen molar-refractivity contribution in [1.29, 1.82) is 0 Å². The van der Waals surface area contributed by atoms with Crippen molar-refractivity contribution in [3.05, 3.63) is 39.8 Å². The lowest BCUT2D eigenvalue weighted by molar-refractivity contribution is -0.385. The minimum Gasteiger partial charge on any atom is -0.372 e. The second-order valence-corrected chi connectivity index (χ2v) is 4.93. The summed E-state index contributed by atoms with van der Waals surface area (Å²) >= 11 is 1.52. The van der Waals surface area contributed by atoms with Crippen LogP contribution in [0.3, 0.4) is 0 Å². The standard InChI is InChI=1S/C11H10N6O2S/c1-12-10-8-2-3-20-11(8)15-9(14-10)6-16-5-7(4-13-16)17(18)19/h2-5H,6H2,1H3,(H,12,14,15). The van der Waals surface area contributed by atoms with Crippen molar-refractivity contribution in [2.45, 2.75) is 6.54 Å². The summed E-state index contributed by atoms with van der Waals surface area (Å²) in [6.45, 7) is 0.288. The van der Waals surface area contributed by atoms with E-state index in [1.165, 1.54) is 28.4 Å². The summed E-state index contributed by atoms with van der Waals surface area (Å²) in [4.78, 5) is 19.8. The minimum absolute atomic E-state index is 0.0453. The Balaban J connectivity index is 1.95. The van der Waals surface area contributed by atoms with Crippen LogP contribution in [0.1, 0.15) is 5.82 Å². The molecule has 0 saturated carbocycles. The first-order valence-electron chi connectivity index (χ1n) is 5.76.